The molecule has 21 heavy (non-hydrogen) atoms. The highest BCUT2D eigenvalue weighted by molar-refractivity contribution is 8.26. The van der Waals surface area contributed by atoms with E-state index >= 15 is 0 Å². The van der Waals surface area contributed by atoms with E-state index in [4.69, 9.17) is 26.9 Å². The SMILES string of the molecule is CN1C(=O)/C(=C/c2cc(F)c(O)c(F)c2)SC1=S.O=C=O. The molecular formula is C12H7F2NO4S2. The van der Waals surface area contributed by atoms with Crippen LogP contribution in [-0.2, 0) is 14.4 Å². The molecule has 110 valence electrons. The number of amides is 1. The van der Waals surface area contributed by atoms with E-state index in [0.717, 1.165) is 23.9 Å². The molecule has 1 aromatic rings. The molecule has 1 heterocycles. The van der Waals surface area contributed by atoms with Crippen molar-refractivity contribution in [2.75, 3.05) is 7.05 Å². The minimum atomic E-state index is -1.08. The summed E-state index contributed by atoms with van der Waals surface area (Å²) in [6.07, 6.45) is 1.58. The van der Waals surface area contributed by atoms with Gasteiger partial charge in [0, 0.05) is 7.05 Å². The van der Waals surface area contributed by atoms with Crippen LogP contribution in [0, 0.1) is 11.6 Å². The van der Waals surface area contributed by atoms with Gasteiger partial charge < -0.3 is 5.11 Å². The van der Waals surface area contributed by atoms with Gasteiger partial charge in [-0.25, -0.2) is 8.78 Å². The number of thiocarbonyl (C=S) groups is 1. The fourth-order valence-corrected chi connectivity index (χ4v) is 2.54. The second-order valence-corrected chi connectivity index (χ2v) is 5.33. The van der Waals surface area contributed by atoms with Crippen LogP contribution in [0.4, 0.5) is 8.78 Å². The van der Waals surface area contributed by atoms with Gasteiger partial charge in [-0.15, -0.1) is 0 Å². The van der Waals surface area contributed by atoms with Crippen molar-refractivity contribution in [3.05, 3.63) is 34.2 Å². The molecule has 5 nitrogen and oxygen atoms in total. The highest BCUT2D eigenvalue weighted by Crippen LogP contribution is 2.32. The smallest absolute Gasteiger partial charge is 0.373 e. The lowest BCUT2D eigenvalue weighted by Gasteiger charge is -2.03. The summed E-state index contributed by atoms with van der Waals surface area (Å²) in [6.45, 7) is 0. The number of rotatable bonds is 1. The van der Waals surface area contributed by atoms with Crippen LogP contribution in [0.2, 0.25) is 0 Å². The van der Waals surface area contributed by atoms with Crippen molar-refractivity contribution in [2.24, 2.45) is 0 Å². The van der Waals surface area contributed by atoms with Crippen molar-refractivity contribution in [1.29, 1.82) is 0 Å². The summed E-state index contributed by atoms with van der Waals surface area (Å²) in [6, 6.07) is 1.89. The highest BCUT2D eigenvalue weighted by atomic mass is 32.2. The Balaban J connectivity index is 0.000000677. The van der Waals surface area contributed by atoms with Crippen LogP contribution in [0.15, 0.2) is 17.0 Å². The Bertz CT molecular complexity index is 646. The molecule has 9 heteroatoms. The summed E-state index contributed by atoms with van der Waals surface area (Å²) in [4.78, 5) is 29.5. The predicted octanol–water partition coefficient (Wildman–Crippen LogP) is 1.92. The summed E-state index contributed by atoms with van der Waals surface area (Å²) in [5, 5.41) is 8.96. The van der Waals surface area contributed by atoms with Gasteiger partial charge in [0.25, 0.3) is 5.91 Å². The molecule has 0 radical (unpaired) electrons. The Morgan fingerprint density at radius 1 is 1.33 bits per heavy atom. The van der Waals surface area contributed by atoms with E-state index in [0.29, 0.717) is 4.32 Å². The molecule has 1 saturated heterocycles. The number of aromatic hydroxyl groups is 1. The minimum Gasteiger partial charge on any atom is -0.503 e. The van der Waals surface area contributed by atoms with Gasteiger partial charge in [-0.2, -0.15) is 9.59 Å². The van der Waals surface area contributed by atoms with Crippen LogP contribution in [0.3, 0.4) is 0 Å². The maximum Gasteiger partial charge on any atom is 0.373 e. The third-order valence-electron chi connectivity index (χ3n) is 2.32. The quantitative estimate of drug-likeness (QED) is 0.626. The largest absolute Gasteiger partial charge is 0.503 e. The van der Waals surface area contributed by atoms with E-state index in [1.807, 2.05) is 0 Å². The zero-order chi connectivity index (χ0) is 16.2. The fourth-order valence-electron chi connectivity index (χ4n) is 1.37. The van der Waals surface area contributed by atoms with E-state index in [1.165, 1.54) is 18.0 Å². The number of phenols is 1. The number of hydrogen-bond acceptors (Lipinski definition) is 6. The molecular weight excluding hydrogens is 324 g/mol. The molecule has 0 bridgehead atoms. The first-order valence-electron chi connectivity index (χ1n) is 5.20. The van der Waals surface area contributed by atoms with E-state index < -0.39 is 17.4 Å². The second kappa shape index (κ2) is 7.07. The number of thioether (sulfide) groups is 1. The molecule has 1 aliphatic heterocycles. The average Bonchev–Trinajstić information content (AvgIpc) is 2.64. The van der Waals surface area contributed by atoms with Gasteiger partial charge in [-0.1, -0.05) is 24.0 Å². The van der Waals surface area contributed by atoms with Crippen LogP contribution in [-0.4, -0.2) is 33.4 Å². The predicted molar refractivity (Wildman–Crippen MR) is 74.0 cm³/mol. The van der Waals surface area contributed by atoms with Gasteiger partial charge in [0.15, 0.2) is 17.4 Å². The summed E-state index contributed by atoms with van der Waals surface area (Å²) in [5.41, 5.74) is 0.150. The molecule has 2 rings (SSSR count). The highest BCUT2D eigenvalue weighted by Gasteiger charge is 2.28. The lowest BCUT2D eigenvalue weighted by Crippen LogP contribution is -2.22. The van der Waals surface area contributed by atoms with Crippen molar-refractivity contribution < 1.29 is 28.3 Å². The fraction of sp³-hybridized carbons (Fsp3) is 0.0833. The van der Waals surface area contributed by atoms with Gasteiger partial charge >= 0.3 is 6.15 Å². The van der Waals surface area contributed by atoms with Gasteiger partial charge in [0.2, 0.25) is 0 Å². The van der Waals surface area contributed by atoms with Crippen molar-refractivity contribution in [2.45, 2.75) is 0 Å². The molecule has 1 amide bonds. The zero-order valence-electron chi connectivity index (χ0n) is 10.4. The number of hydrogen-bond donors (Lipinski definition) is 1. The molecule has 0 atom stereocenters. The summed E-state index contributed by atoms with van der Waals surface area (Å²) in [5.74, 6) is -3.50. The first-order chi connectivity index (χ1) is 9.81. The maximum atomic E-state index is 13.1. The van der Waals surface area contributed by atoms with Gasteiger partial charge in [-0.05, 0) is 23.8 Å². The number of carbonyl (C=O) groups is 1. The van der Waals surface area contributed by atoms with Gasteiger partial charge in [0.05, 0.1) is 4.91 Å². The van der Waals surface area contributed by atoms with Crippen LogP contribution >= 0.6 is 24.0 Å². The van der Waals surface area contributed by atoms with Crippen LogP contribution in [0.25, 0.3) is 6.08 Å². The number of phenolic OH excluding ortho intramolecular Hbond substituents is 1. The summed E-state index contributed by atoms with van der Waals surface area (Å²) >= 11 is 5.98. The van der Waals surface area contributed by atoms with Crippen molar-refractivity contribution in [3.63, 3.8) is 0 Å². The zero-order valence-corrected chi connectivity index (χ0v) is 12.1. The number of nitrogens with zero attached hydrogens (tertiary/aromatic N) is 1. The van der Waals surface area contributed by atoms with Crippen molar-refractivity contribution in [3.8, 4) is 5.75 Å². The standard InChI is InChI=1S/C11H7F2NO2S2.CO2/c1-14-10(16)8(18-11(14)17)4-5-2-6(12)9(15)7(13)3-5;2-1-3/h2-4,15H,1H3;/b8-4-;. The van der Waals surface area contributed by atoms with Gasteiger partial charge in [-0.3, -0.25) is 9.69 Å². The summed E-state index contributed by atoms with van der Waals surface area (Å²) < 4.78 is 26.6. The molecule has 1 aromatic carbocycles. The van der Waals surface area contributed by atoms with Crippen LogP contribution in [0.5, 0.6) is 5.75 Å². The Morgan fingerprint density at radius 2 is 1.81 bits per heavy atom. The lowest BCUT2D eigenvalue weighted by molar-refractivity contribution is -0.191. The van der Waals surface area contributed by atoms with Crippen molar-refractivity contribution in [1.82, 2.24) is 4.90 Å². The number of benzene rings is 1. The number of likely N-dealkylation sites (N-methyl/N-ethyl adjacent to an activating group) is 1. The van der Waals surface area contributed by atoms with E-state index in [2.05, 4.69) is 0 Å². The second-order valence-electron chi connectivity index (χ2n) is 3.66. The van der Waals surface area contributed by atoms with Crippen LogP contribution < -0.4 is 0 Å². The molecule has 0 aliphatic carbocycles. The Kier molecular flexibility index (Phi) is 5.71. The monoisotopic (exact) mass is 331 g/mol. The summed E-state index contributed by atoms with van der Waals surface area (Å²) in [7, 11) is 1.52. The molecule has 0 unspecified atom stereocenters. The third kappa shape index (κ3) is 3.94. The topological polar surface area (TPSA) is 74.7 Å². The van der Waals surface area contributed by atoms with Crippen molar-refractivity contribution >= 4 is 46.4 Å². The van der Waals surface area contributed by atoms with E-state index in [1.54, 1.807) is 0 Å². The first-order valence-corrected chi connectivity index (χ1v) is 6.43. The normalized spacial score (nSPS) is 15.8. The first kappa shape index (κ1) is 17.0. The molecule has 0 saturated carbocycles. The van der Waals surface area contributed by atoms with E-state index in [-0.39, 0.29) is 22.5 Å². The molecule has 1 fully saturated rings. The Hall–Kier alpha value is -2.09. The Labute approximate surface area is 127 Å². The Morgan fingerprint density at radius 3 is 2.19 bits per heavy atom. The number of carbonyl (C=O) groups excluding carboxylic acids is 3. The molecule has 0 spiro atoms. The lowest BCUT2D eigenvalue weighted by atomic mass is 10.2. The van der Waals surface area contributed by atoms with Crippen LogP contribution in [0.1, 0.15) is 5.56 Å². The third-order valence-corrected chi connectivity index (χ3v) is 3.81. The minimum absolute atomic E-state index is 0.150. The van der Waals surface area contributed by atoms with Gasteiger partial charge in [0.1, 0.15) is 4.32 Å². The molecule has 0 aromatic heterocycles. The average molecular weight is 331 g/mol. The number of halogens is 2. The molecule has 1 aliphatic rings. The maximum absolute atomic E-state index is 13.1. The van der Waals surface area contributed by atoms with E-state index in [9.17, 15) is 13.6 Å². The molecule has 1 N–H and O–H groups in total.